The Kier molecular flexibility index (Phi) is 5.63. The molecular weight excluding hydrogens is 325 g/mol. The SMILES string of the molecule is NC(=NCCCc1cccc(F)c1)N1CCN(c2nccs2)CC1. The second kappa shape index (κ2) is 8.10. The molecule has 1 saturated heterocycles. The number of benzene rings is 1. The van der Waals surface area contributed by atoms with Gasteiger partial charge in [0.2, 0.25) is 0 Å². The summed E-state index contributed by atoms with van der Waals surface area (Å²) in [5.41, 5.74) is 7.10. The fourth-order valence-electron chi connectivity index (χ4n) is 2.77. The van der Waals surface area contributed by atoms with Crippen molar-refractivity contribution in [1.29, 1.82) is 0 Å². The number of nitrogens with two attached hydrogens (primary N) is 1. The van der Waals surface area contributed by atoms with Crippen LogP contribution in [0.4, 0.5) is 9.52 Å². The maximum atomic E-state index is 13.1. The minimum atomic E-state index is -0.186. The van der Waals surface area contributed by atoms with Crippen LogP contribution in [-0.4, -0.2) is 48.6 Å². The average molecular weight is 347 g/mol. The molecule has 1 aromatic heterocycles. The van der Waals surface area contributed by atoms with Gasteiger partial charge in [-0.3, -0.25) is 4.99 Å². The predicted molar refractivity (Wildman–Crippen MR) is 97.1 cm³/mol. The molecule has 128 valence electrons. The molecule has 1 aromatic carbocycles. The number of guanidine groups is 1. The third-order valence-electron chi connectivity index (χ3n) is 4.08. The Morgan fingerprint density at radius 2 is 2.12 bits per heavy atom. The normalized spacial score (nSPS) is 15.8. The van der Waals surface area contributed by atoms with Gasteiger partial charge in [-0.05, 0) is 30.5 Å². The molecule has 24 heavy (non-hydrogen) atoms. The Morgan fingerprint density at radius 1 is 1.29 bits per heavy atom. The van der Waals surface area contributed by atoms with Crippen molar-refractivity contribution in [3.8, 4) is 0 Å². The van der Waals surface area contributed by atoms with Crippen molar-refractivity contribution in [2.24, 2.45) is 10.7 Å². The summed E-state index contributed by atoms with van der Waals surface area (Å²) in [5, 5.41) is 3.07. The Morgan fingerprint density at radius 3 is 2.83 bits per heavy atom. The number of hydrogen-bond donors (Lipinski definition) is 1. The monoisotopic (exact) mass is 347 g/mol. The van der Waals surface area contributed by atoms with Crippen molar-refractivity contribution in [2.75, 3.05) is 37.6 Å². The van der Waals surface area contributed by atoms with Crippen molar-refractivity contribution < 1.29 is 4.39 Å². The molecule has 2 aromatic rings. The van der Waals surface area contributed by atoms with E-state index in [9.17, 15) is 4.39 Å². The van der Waals surface area contributed by atoms with Crippen LogP contribution in [0, 0.1) is 5.82 Å². The van der Waals surface area contributed by atoms with Gasteiger partial charge in [0.15, 0.2) is 11.1 Å². The highest BCUT2D eigenvalue weighted by Gasteiger charge is 2.19. The number of rotatable bonds is 5. The molecule has 0 unspecified atom stereocenters. The smallest absolute Gasteiger partial charge is 0.191 e. The summed E-state index contributed by atoms with van der Waals surface area (Å²) in [5.74, 6) is 0.418. The minimum Gasteiger partial charge on any atom is -0.370 e. The van der Waals surface area contributed by atoms with E-state index in [1.807, 2.05) is 17.6 Å². The summed E-state index contributed by atoms with van der Waals surface area (Å²) < 4.78 is 13.1. The Bertz CT molecular complexity index is 665. The van der Waals surface area contributed by atoms with E-state index in [1.165, 1.54) is 6.07 Å². The number of nitrogens with zero attached hydrogens (tertiary/aromatic N) is 4. The van der Waals surface area contributed by atoms with Crippen LogP contribution in [0.2, 0.25) is 0 Å². The standard InChI is InChI=1S/C17H22FN5S/c18-15-5-1-3-14(13-15)4-2-6-20-16(19)22-8-10-23(11-9-22)17-21-7-12-24-17/h1,3,5,7,12-13H,2,4,6,8-11H2,(H2,19,20). The van der Waals surface area contributed by atoms with Crippen molar-refractivity contribution >= 4 is 22.4 Å². The first-order chi connectivity index (χ1) is 11.7. The number of aryl methyl sites for hydroxylation is 1. The molecular formula is C17H22FN5S. The van der Waals surface area contributed by atoms with Crippen LogP contribution < -0.4 is 10.6 Å². The summed E-state index contributed by atoms with van der Waals surface area (Å²) in [7, 11) is 0. The summed E-state index contributed by atoms with van der Waals surface area (Å²) in [4.78, 5) is 13.2. The number of aliphatic imine (C=N–C) groups is 1. The van der Waals surface area contributed by atoms with E-state index < -0.39 is 0 Å². The van der Waals surface area contributed by atoms with E-state index in [4.69, 9.17) is 5.73 Å². The highest BCUT2D eigenvalue weighted by atomic mass is 32.1. The maximum Gasteiger partial charge on any atom is 0.191 e. The number of anilines is 1. The molecule has 0 amide bonds. The number of halogens is 1. The first-order valence-corrected chi connectivity index (χ1v) is 9.04. The molecule has 1 aliphatic rings. The molecule has 5 nitrogen and oxygen atoms in total. The van der Waals surface area contributed by atoms with E-state index in [-0.39, 0.29) is 5.82 Å². The molecule has 2 N–H and O–H groups in total. The summed E-state index contributed by atoms with van der Waals surface area (Å²) in [6, 6.07) is 6.72. The first-order valence-electron chi connectivity index (χ1n) is 8.16. The number of piperazine rings is 1. The Hall–Kier alpha value is -2.15. The van der Waals surface area contributed by atoms with Crippen molar-refractivity contribution in [3.63, 3.8) is 0 Å². The second-order valence-corrected chi connectivity index (χ2v) is 6.64. The molecule has 0 aliphatic carbocycles. The zero-order chi connectivity index (χ0) is 16.8. The van der Waals surface area contributed by atoms with Crippen molar-refractivity contribution in [3.05, 3.63) is 47.2 Å². The van der Waals surface area contributed by atoms with Gasteiger partial charge in [-0.1, -0.05) is 12.1 Å². The molecule has 2 heterocycles. The van der Waals surface area contributed by atoms with Crippen LogP contribution in [0.15, 0.2) is 40.8 Å². The molecule has 0 bridgehead atoms. The van der Waals surface area contributed by atoms with Crippen molar-refractivity contribution in [2.45, 2.75) is 12.8 Å². The third-order valence-corrected chi connectivity index (χ3v) is 4.91. The fourth-order valence-corrected chi connectivity index (χ4v) is 3.46. The highest BCUT2D eigenvalue weighted by Crippen LogP contribution is 2.18. The molecule has 0 spiro atoms. The largest absolute Gasteiger partial charge is 0.370 e. The zero-order valence-electron chi connectivity index (χ0n) is 13.6. The zero-order valence-corrected chi connectivity index (χ0v) is 14.4. The maximum absolute atomic E-state index is 13.1. The molecule has 0 saturated carbocycles. The van der Waals surface area contributed by atoms with Crippen LogP contribution in [0.3, 0.4) is 0 Å². The molecule has 1 aliphatic heterocycles. The van der Waals surface area contributed by atoms with Gasteiger partial charge in [0.1, 0.15) is 5.82 Å². The highest BCUT2D eigenvalue weighted by molar-refractivity contribution is 7.13. The lowest BCUT2D eigenvalue weighted by Crippen LogP contribution is -2.51. The Labute approximate surface area is 145 Å². The van der Waals surface area contributed by atoms with Gasteiger partial charge in [-0.15, -0.1) is 11.3 Å². The quantitative estimate of drug-likeness (QED) is 0.512. The molecule has 0 radical (unpaired) electrons. The van der Waals surface area contributed by atoms with Gasteiger partial charge in [-0.25, -0.2) is 9.37 Å². The summed E-state index contributed by atoms with van der Waals surface area (Å²) in [6.45, 7) is 4.20. The van der Waals surface area contributed by atoms with Gasteiger partial charge in [0.25, 0.3) is 0 Å². The van der Waals surface area contributed by atoms with E-state index in [0.29, 0.717) is 12.5 Å². The van der Waals surface area contributed by atoms with Gasteiger partial charge in [0, 0.05) is 44.3 Å². The summed E-state index contributed by atoms with van der Waals surface area (Å²) >= 11 is 1.66. The van der Waals surface area contributed by atoms with Crippen molar-refractivity contribution in [1.82, 2.24) is 9.88 Å². The van der Waals surface area contributed by atoms with E-state index in [2.05, 4.69) is 19.8 Å². The van der Waals surface area contributed by atoms with Crippen LogP contribution in [0.1, 0.15) is 12.0 Å². The first kappa shape index (κ1) is 16.7. The molecule has 7 heteroatoms. The van der Waals surface area contributed by atoms with Crippen LogP contribution in [0.5, 0.6) is 0 Å². The lowest BCUT2D eigenvalue weighted by molar-refractivity contribution is 0.380. The van der Waals surface area contributed by atoms with E-state index in [0.717, 1.165) is 49.7 Å². The topological polar surface area (TPSA) is 57.8 Å². The Balaban J connectivity index is 1.41. The van der Waals surface area contributed by atoms with E-state index >= 15 is 0 Å². The average Bonchev–Trinajstić information content (AvgIpc) is 3.13. The lowest BCUT2D eigenvalue weighted by Gasteiger charge is -2.35. The van der Waals surface area contributed by atoms with Crippen LogP contribution in [0.25, 0.3) is 0 Å². The van der Waals surface area contributed by atoms with Gasteiger partial charge in [-0.2, -0.15) is 0 Å². The molecule has 1 fully saturated rings. The number of hydrogen-bond acceptors (Lipinski definition) is 4. The van der Waals surface area contributed by atoms with E-state index in [1.54, 1.807) is 23.5 Å². The molecule has 3 rings (SSSR count). The lowest BCUT2D eigenvalue weighted by atomic mass is 10.1. The number of thiazole rings is 1. The van der Waals surface area contributed by atoms with Gasteiger partial charge >= 0.3 is 0 Å². The van der Waals surface area contributed by atoms with Gasteiger partial charge < -0.3 is 15.5 Å². The third kappa shape index (κ3) is 4.44. The second-order valence-electron chi connectivity index (χ2n) is 5.76. The molecule has 0 atom stereocenters. The van der Waals surface area contributed by atoms with Crippen LogP contribution in [-0.2, 0) is 6.42 Å². The van der Waals surface area contributed by atoms with Gasteiger partial charge in [0.05, 0.1) is 0 Å². The predicted octanol–water partition coefficient (Wildman–Crippen LogP) is 2.35. The fraction of sp³-hybridized carbons (Fsp3) is 0.412. The minimum absolute atomic E-state index is 0.186. The number of aromatic nitrogens is 1. The summed E-state index contributed by atoms with van der Waals surface area (Å²) in [6.07, 6.45) is 3.51. The van der Waals surface area contributed by atoms with Crippen LogP contribution >= 0.6 is 11.3 Å².